The second-order valence-electron chi connectivity index (χ2n) is 9.98. The highest BCUT2D eigenvalue weighted by molar-refractivity contribution is 6.35. The van der Waals surface area contributed by atoms with Gasteiger partial charge < -0.3 is 31.4 Å². The number of aromatic amines is 1. The highest BCUT2D eigenvalue weighted by Crippen LogP contribution is 2.35. The van der Waals surface area contributed by atoms with Gasteiger partial charge in [0.2, 0.25) is 0 Å². The van der Waals surface area contributed by atoms with Crippen molar-refractivity contribution in [2.24, 2.45) is 11.7 Å². The van der Waals surface area contributed by atoms with Crippen molar-refractivity contribution in [3.05, 3.63) is 87.7 Å². The number of nitrogens with one attached hydrogen (secondary N) is 4. The summed E-state index contributed by atoms with van der Waals surface area (Å²) >= 11 is 0. The molecule has 9 nitrogen and oxygen atoms in total. The lowest BCUT2D eigenvalue weighted by Crippen LogP contribution is -2.30. The topological polar surface area (TPSA) is 138 Å². The van der Waals surface area contributed by atoms with Gasteiger partial charge in [-0.15, -0.1) is 0 Å². The van der Waals surface area contributed by atoms with Crippen molar-refractivity contribution in [2.45, 2.75) is 33.2 Å². The maximum Gasteiger partial charge on any atom is 0.256 e. The molecule has 0 aliphatic carbocycles. The number of carbonyl (C=O) groups excluding carboxylic acids is 3. The fourth-order valence-corrected chi connectivity index (χ4v) is 5.05. The molecule has 0 spiro atoms. The van der Waals surface area contributed by atoms with E-state index in [0.29, 0.717) is 52.7 Å². The summed E-state index contributed by atoms with van der Waals surface area (Å²) in [5.41, 5.74) is 10.5. The molecule has 3 heterocycles. The third-order valence-corrected chi connectivity index (χ3v) is 7.28. The predicted molar refractivity (Wildman–Crippen MR) is 157 cm³/mol. The summed E-state index contributed by atoms with van der Waals surface area (Å²) in [6.07, 6.45) is 2.70. The molecule has 2 aliphatic rings. The van der Waals surface area contributed by atoms with Crippen LogP contribution in [0.25, 0.3) is 11.6 Å². The molecule has 1 fully saturated rings. The molecule has 0 bridgehead atoms. The summed E-state index contributed by atoms with van der Waals surface area (Å²) in [6, 6.07) is 14.8. The van der Waals surface area contributed by atoms with Gasteiger partial charge in [-0.25, -0.2) is 0 Å². The molecular formula is C31H37N5O4. The van der Waals surface area contributed by atoms with Gasteiger partial charge in [0.05, 0.1) is 23.8 Å². The minimum absolute atomic E-state index is 0.143. The molecule has 1 aromatic heterocycles. The monoisotopic (exact) mass is 543 g/mol. The number of carbonyl (C=O) groups is 3. The van der Waals surface area contributed by atoms with E-state index in [4.69, 9.17) is 4.74 Å². The molecule has 40 heavy (non-hydrogen) atoms. The summed E-state index contributed by atoms with van der Waals surface area (Å²) in [6.45, 7) is 7.63. The molecule has 3 amide bonds. The van der Waals surface area contributed by atoms with Crippen LogP contribution in [-0.4, -0.2) is 49.5 Å². The highest BCUT2D eigenvalue weighted by atomic mass is 16.5. The fraction of sp³-hybridized carbons (Fsp3) is 0.323. The normalized spacial score (nSPS) is 17.5. The van der Waals surface area contributed by atoms with Crippen LogP contribution in [0.2, 0.25) is 0 Å². The standard InChI is InChI=1S/C30H32N4O4.CH5N/c1-17-26(32-19(3)27(17)30(37)31-15-20-11-12-38-16-20)14-24-23-13-22(9-10-25(23)34-29(24)36)28(35)33-18(2)21-7-5-4-6-8-21;1-2/h4-10,13-14,18,20,32H,11-12,15-16H2,1-3H3,(H,31,37)(H,33,35)(H,34,36);2H2,1H3/b24-14-;. The van der Waals surface area contributed by atoms with Gasteiger partial charge in [0.1, 0.15) is 0 Å². The van der Waals surface area contributed by atoms with Crippen molar-refractivity contribution >= 4 is 35.1 Å². The van der Waals surface area contributed by atoms with Crippen LogP contribution in [0.1, 0.15) is 68.2 Å². The number of aryl methyl sites for hydroxylation is 1. The number of benzene rings is 2. The largest absolute Gasteiger partial charge is 0.381 e. The maximum absolute atomic E-state index is 13.0. The Morgan fingerprint density at radius 2 is 1.88 bits per heavy atom. The van der Waals surface area contributed by atoms with Gasteiger partial charge in [0, 0.05) is 47.3 Å². The summed E-state index contributed by atoms with van der Waals surface area (Å²) in [4.78, 5) is 42.1. The summed E-state index contributed by atoms with van der Waals surface area (Å²) < 4.78 is 5.39. The lowest BCUT2D eigenvalue weighted by Gasteiger charge is -2.14. The van der Waals surface area contributed by atoms with Gasteiger partial charge >= 0.3 is 0 Å². The third-order valence-electron chi connectivity index (χ3n) is 7.28. The Labute approximate surface area is 234 Å². The van der Waals surface area contributed by atoms with Gasteiger partial charge in [-0.2, -0.15) is 0 Å². The zero-order valence-corrected chi connectivity index (χ0v) is 23.4. The van der Waals surface area contributed by atoms with Crippen LogP contribution in [0.15, 0.2) is 48.5 Å². The molecule has 3 aromatic rings. The molecule has 2 aromatic carbocycles. The Hall–Kier alpha value is -4.21. The zero-order valence-electron chi connectivity index (χ0n) is 23.4. The van der Waals surface area contributed by atoms with Crippen LogP contribution in [-0.2, 0) is 9.53 Å². The van der Waals surface area contributed by atoms with Crippen molar-refractivity contribution in [1.29, 1.82) is 0 Å². The number of fused-ring (bicyclic) bond motifs is 1. The Morgan fingerprint density at radius 3 is 2.58 bits per heavy atom. The van der Waals surface area contributed by atoms with E-state index in [2.05, 4.69) is 26.7 Å². The highest BCUT2D eigenvalue weighted by Gasteiger charge is 2.27. The van der Waals surface area contributed by atoms with E-state index in [9.17, 15) is 14.4 Å². The first-order chi connectivity index (χ1) is 19.3. The van der Waals surface area contributed by atoms with Crippen LogP contribution in [0.4, 0.5) is 5.69 Å². The number of ether oxygens (including phenoxy) is 1. The molecule has 2 atom stereocenters. The van der Waals surface area contributed by atoms with Gasteiger partial charge in [-0.3, -0.25) is 14.4 Å². The number of aromatic nitrogens is 1. The first-order valence-electron chi connectivity index (χ1n) is 13.5. The van der Waals surface area contributed by atoms with E-state index in [-0.39, 0.29) is 23.8 Å². The molecule has 0 saturated carbocycles. The van der Waals surface area contributed by atoms with Crippen molar-refractivity contribution < 1.29 is 19.1 Å². The second kappa shape index (κ2) is 12.8. The molecule has 2 unspecified atom stereocenters. The van der Waals surface area contributed by atoms with Crippen molar-refractivity contribution in [3.63, 3.8) is 0 Å². The van der Waals surface area contributed by atoms with Crippen LogP contribution >= 0.6 is 0 Å². The van der Waals surface area contributed by atoms with E-state index < -0.39 is 0 Å². The van der Waals surface area contributed by atoms with E-state index in [1.807, 2.05) is 51.1 Å². The van der Waals surface area contributed by atoms with E-state index in [0.717, 1.165) is 29.8 Å². The number of amides is 3. The van der Waals surface area contributed by atoms with E-state index in [1.165, 1.54) is 7.05 Å². The molecular weight excluding hydrogens is 506 g/mol. The van der Waals surface area contributed by atoms with Crippen molar-refractivity contribution in [3.8, 4) is 0 Å². The van der Waals surface area contributed by atoms with Crippen LogP contribution in [0, 0.1) is 19.8 Å². The summed E-state index contributed by atoms with van der Waals surface area (Å²) in [7, 11) is 1.50. The Balaban J connectivity index is 0.00000181. The van der Waals surface area contributed by atoms with Crippen LogP contribution < -0.4 is 21.7 Å². The Kier molecular flexibility index (Phi) is 9.19. The minimum atomic E-state index is -0.255. The maximum atomic E-state index is 13.0. The molecule has 2 aliphatic heterocycles. The number of anilines is 1. The van der Waals surface area contributed by atoms with Crippen molar-refractivity contribution in [2.75, 3.05) is 32.1 Å². The number of nitrogens with two attached hydrogens (primary N) is 1. The minimum Gasteiger partial charge on any atom is -0.381 e. The molecule has 6 N–H and O–H groups in total. The second-order valence-corrected chi connectivity index (χ2v) is 9.98. The summed E-state index contributed by atoms with van der Waals surface area (Å²) in [5, 5.41) is 8.91. The third kappa shape index (κ3) is 6.16. The van der Waals surface area contributed by atoms with Crippen LogP contribution in [0.5, 0.6) is 0 Å². The number of hydrogen-bond acceptors (Lipinski definition) is 5. The van der Waals surface area contributed by atoms with Crippen molar-refractivity contribution in [1.82, 2.24) is 15.6 Å². The van der Waals surface area contributed by atoms with Gasteiger partial charge in [-0.1, -0.05) is 30.3 Å². The quantitative estimate of drug-likeness (QED) is 0.287. The average Bonchev–Trinajstić information content (AvgIpc) is 3.67. The Morgan fingerprint density at radius 1 is 1.12 bits per heavy atom. The lowest BCUT2D eigenvalue weighted by molar-refractivity contribution is -0.110. The number of hydrogen-bond donors (Lipinski definition) is 5. The van der Waals surface area contributed by atoms with Gasteiger partial charge in [-0.05, 0) is 69.6 Å². The average molecular weight is 544 g/mol. The SMILES string of the molecule is CN.Cc1[nH]c(/C=C2\C(=O)Nc3ccc(C(=O)NC(C)c4ccccc4)cc32)c(C)c1C(=O)NCC1CCOC1. The summed E-state index contributed by atoms with van der Waals surface area (Å²) in [5.74, 6) is -0.285. The van der Waals surface area contributed by atoms with Crippen LogP contribution in [0.3, 0.4) is 0 Å². The molecule has 9 heteroatoms. The zero-order chi connectivity index (χ0) is 28.8. The molecule has 5 rings (SSSR count). The smallest absolute Gasteiger partial charge is 0.256 e. The van der Waals surface area contributed by atoms with Gasteiger partial charge in [0.25, 0.3) is 17.7 Å². The van der Waals surface area contributed by atoms with E-state index in [1.54, 1.807) is 24.3 Å². The molecule has 0 radical (unpaired) electrons. The number of H-pyrrole nitrogens is 1. The Bertz CT molecular complexity index is 1420. The first-order valence-corrected chi connectivity index (χ1v) is 13.5. The first kappa shape index (κ1) is 28.8. The predicted octanol–water partition coefficient (Wildman–Crippen LogP) is 3.96. The molecule has 1 saturated heterocycles. The molecule has 210 valence electrons. The lowest BCUT2D eigenvalue weighted by atomic mass is 10.0. The fourth-order valence-electron chi connectivity index (χ4n) is 5.05. The number of rotatable bonds is 7. The van der Waals surface area contributed by atoms with E-state index >= 15 is 0 Å². The van der Waals surface area contributed by atoms with Gasteiger partial charge in [0.15, 0.2) is 0 Å².